The number of halogens is 2. The summed E-state index contributed by atoms with van der Waals surface area (Å²) in [5.41, 5.74) is 2.20. The number of ether oxygens (including phenoxy) is 1. The lowest BCUT2D eigenvalue weighted by molar-refractivity contribution is 0.0534. The fourth-order valence-electron chi connectivity index (χ4n) is 2.00. The van der Waals surface area contributed by atoms with E-state index in [4.69, 9.17) is 14.9 Å². The average Bonchev–Trinajstić information content (AvgIpc) is 2.88. The number of aromatic carboxylic acids is 1. The maximum atomic E-state index is 10.9. The van der Waals surface area contributed by atoms with E-state index < -0.39 is 5.97 Å². The fraction of sp³-hybridized carbons (Fsp3) is 0.176. The highest BCUT2D eigenvalue weighted by Crippen LogP contribution is 2.23. The minimum Gasteiger partial charge on any atom is -0.478 e. The highest BCUT2D eigenvalue weighted by Gasteiger charge is 2.20. The third-order valence-corrected chi connectivity index (χ3v) is 4.10. The molecule has 2 aromatic carbocycles. The Morgan fingerprint density at radius 2 is 1.75 bits per heavy atom. The van der Waals surface area contributed by atoms with E-state index in [1.54, 1.807) is 18.2 Å². The van der Waals surface area contributed by atoms with Gasteiger partial charge in [0.1, 0.15) is 6.61 Å². The van der Waals surface area contributed by atoms with Gasteiger partial charge in [0.25, 0.3) is 0 Å². The van der Waals surface area contributed by atoms with E-state index in [-0.39, 0.29) is 25.6 Å². The van der Waals surface area contributed by atoms with E-state index in [9.17, 15) is 9.59 Å². The van der Waals surface area contributed by atoms with Crippen molar-refractivity contribution in [3.63, 3.8) is 0 Å². The molecular weight excluding hydrogens is 444 g/mol. The summed E-state index contributed by atoms with van der Waals surface area (Å²) in [5.74, 6) is -1.24. The molecule has 2 aromatic rings. The van der Waals surface area contributed by atoms with Gasteiger partial charge in [-0.15, -0.1) is 0 Å². The van der Waals surface area contributed by atoms with Gasteiger partial charge in [0.15, 0.2) is 0 Å². The van der Waals surface area contributed by atoms with E-state index in [2.05, 4.69) is 31.9 Å². The van der Waals surface area contributed by atoms with Crippen molar-refractivity contribution in [2.75, 3.05) is 0 Å². The van der Waals surface area contributed by atoms with E-state index in [1.165, 1.54) is 6.07 Å². The minimum absolute atomic E-state index is 0. The number of hydrogen-bond donors (Lipinski definition) is 2. The van der Waals surface area contributed by atoms with Gasteiger partial charge in [-0.05, 0) is 42.0 Å². The van der Waals surface area contributed by atoms with Gasteiger partial charge in [0, 0.05) is 14.5 Å². The Morgan fingerprint density at radius 3 is 2.38 bits per heavy atom. The van der Waals surface area contributed by atoms with Crippen LogP contribution in [0.3, 0.4) is 0 Å². The topological polar surface area (TPSA) is 83.8 Å². The molecule has 0 atom stereocenters. The lowest BCUT2D eigenvalue weighted by Crippen LogP contribution is -2.01. The maximum Gasteiger partial charge on any atom is 0.338 e. The molecule has 5 nitrogen and oxygen atoms in total. The second kappa shape index (κ2) is 8.96. The number of benzene rings is 2. The van der Waals surface area contributed by atoms with Crippen molar-refractivity contribution in [2.24, 2.45) is 0 Å². The first-order chi connectivity index (χ1) is 10.9. The monoisotopic (exact) mass is 458 g/mol. The Morgan fingerprint density at radius 1 is 1.12 bits per heavy atom. The summed E-state index contributed by atoms with van der Waals surface area (Å²) in [7, 11) is 0. The Balaban J connectivity index is 0.000000231. The van der Waals surface area contributed by atoms with E-state index >= 15 is 0 Å². The van der Waals surface area contributed by atoms with Crippen molar-refractivity contribution in [3.8, 4) is 0 Å². The highest BCUT2D eigenvalue weighted by atomic mass is 79.9. The van der Waals surface area contributed by atoms with Gasteiger partial charge in [-0.1, -0.05) is 39.3 Å². The number of aliphatic hydroxyl groups excluding tert-OH is 1. The summed E-state index contributed by atoms with van der Waals surface area (Å²) < 4.78 is 6.56. The van der Waals surface area contributed by atoms with Crippen LogP contribution in [0.2, 0.25) is 0 Å². The van der Waals surface area contributed by atoms with Gasteiger partial charge in [-0.2, -0.15) is 0 Å². The molecule has 24 heavy (non-hydrogen) atoms. The van der Waals surface area contributed by atoms with Crippen LogP contribution in [-0.4, -0.2) is 22.2 Å². The van der Waals surface area contributed by atoms with Gasteiger partial charge in [0.05, 0.1) is 17.7 Å². The standard InChI is InChI=1S/C8H7BrO3.C8H5BrO2.CH4/c9-6-1-2-7(8(11)12)5(3-6)4-10;9-6-1-2-7-5(3-6)4-11-8(7)10;/h1-3,10H,4H2,(H,11,12);1-3H,4H2;1H4. The summed E-state index contributed by atoms with van der Waals surface area (Å²) in [5, 5.41) is 17.5. The second-order valence-electron chi connectivity index (χ2n) is 4.64. The molecule has 3 rings (SSSR count). The zero-order valence-electron chi connectivity index (χ0n) is 11.8. The van der Waals surface area contributed by atoms with Gasteiger partial charge >= 0.3 is 11.9 Å². The van der Waals surface area contributed by atoms with Gasteiger partial charge in [0.2, 0.25) is 0 Å². The van der Waals surface area contributed by atoms with Crippen molar-refractivity contribution in [2.45, 2.75) is 20.6 Å². The summed E-state index contributed by atoms with van der Waals surface area (Å²) >= 11 is 6.50. The zero-order valence-corrected chi connectivity index (χ0v) is 14.9. The van der Waals surface area contributed by atoms with Crippen LogP contribution in [0.25, 0.3) is 0 Å². The molecular formula is C17H16Br2O5. The predicted molar refractivity (Wildman–Crippen MR) is 97.0 cm³/mol. The fourth-order valence-corrected chi connectivity index (χ4v) is 2.82. The number of hydrogen-bond acceptors (Lipinski definition) is 4. The molecule has 128 valence electrons. The van der Waals surface area contributed by atoms with Crippen molar-refractivity contribution >= 4 is 43.8 Å². The summed E-state index contributed by atoms with van der Waals surface area (Å²) in [6.07, 6.45) is 0. The largest absolute Gasteiger partial charge is 0.478 e. The average molecular weight is 460 g/mol. The van der Waals surface area contributed by atoms with Crippen LogP contribution < -0.4 is 0 Å². The van der Waals surface area contributed by atoms with E-state index in [0.717, 1.165) is 14.5 Å². The first-order valence-electron chi connectivity index (χ1n) is 6.50. The summed E-state index contributed by atoms with van der Waals surface area (Å²) in [6.45, 7) is 0.147. The first kappa shape index (κ1) is 20.3. The number of cyclic esters (lactones) is 1. The van der Waals surface area contributed by atoms with Crippen LogP contribution >= 0.6 is 31.9 Å². The number of carbonyl (C=O) groups excluding carboxylic acids is 1. The van der Waals surface area contributed by atoms with Crippen LogP contribution in [0.5, 0.6) is 0 Å². The molecule has 0 fully saturated rings. The first-order valence-corrected chi connectivity index (χ1v) is 8.09. The number of carboxylic acids is 1. The Bertz CT molecular complexity index is 759. The normalized spacial score (nSPS) is 11.5. The van der Waals surface area contributed by atoms with Crippen LogP contribution in [0, 0.1) is 0 Å². The molecule has 7 heteroatoms. The summed E-state index contributed by atoms with van der Waals surface area (Å²) in [6, 6.07) is 10.2. The molecule has 2 N–H and O–H groups in total. The van der Waals surface area contributed by atoms with Crippen LogP contribution in [0.15, 0.2) is 45.3 Å². The summed E-state index contributed by atoms with van der Waals surface area (Å²) in [4.78, 5) is 21.5. The van der Waals surface area contributed by atoms with Crippen LogP contribution in [0.4, 0.5) is 0 Å². The Hall–Kier alpha value is -1.70. The quantitative estimate of drug-likeness (QED) is 0.650. The smallest absolute Gasteiger partial charge is 0.338 e. The molecule has 1 heterocycles. The Labute approximate surface area is 156 Å². The van der Waals surface area contributed by atoms with Crippen molar-refractivity contribution < 1.29 is 24.5 Å². The van der Waals surface area contributed by atoms with Gasteiger partial charge < -0.3 is 14.9 Å². The third-order valence-electron chi connectivity index (χ3n) is 3.11. The van der Waals surface area contributed by atoms with Gasteiger partial charge in [-0.25, -0.2) is 9.59 Å². The molecule has 0 saturated heterocycles. The molecule has 0 saturated carbocycles. The molecule has 0 radical (unpaired) electrons. The highest BCUT2D eigenvalue weighted by molar-refractivity contribution is 9.10. The predicted octanol–water partition coefficient (Wildman–Crippen LogP) is 4.40. The number of aliphatic hydroxyl groups is 1. The molecule has 1 aliphatic rings. The molecule has 0 amide bonds. The number of carbonyl (C=O) groups is 2. The lowest BCUT2D eigenvalue weighted by Gasteiger charge is -2.02. The maximum absolute atomic E-state index is 10.9. The molecule has 0 aliphatic carbocycles. The van der Waals surface area contributed by atoms with Crippen molar-refractivity contribution in [1.29, 1.82) is 0 Å². The molecule has 1 aliphatic heterocycles. The molecule has 0 spiro atoms. The number of rotatable bonds is 2. The lowest BCUT2D eigenvalue weighted by atomic mass is 10.1. The van der Waals surface area contributed by atoms with Crippen molar-refractivity contribution in [3.05, 3.63) is 67.6 Å². The van der Waals surface area contributed by atoms with Crippen molar-refractivity contribution in [1.82, 2.24) is 0 Å². The van der Waals surface area contributed by atoms with Crippen LogP contribution in [-0.2, 0) is 18.0 Å². The number of esters is 1. The van der Waals surface area contributed by atoms with Gasteiger partial charge in [-0.3, -0.25) is 0 Å². The number of fused-ring (bicyclic) bond motifs is 1. The molecule has 0 unspecified atom stereocenters. The minimum atomic E-state index is -1.02. The van der Waals surface area contributed by atoms with E-state index in [0.29, 0.717) is 17.7 Å². The SMILES string of the molecule is C.O=C(O)c1ccc(Br)cc1CO.O=C1OCc2cc(Br)ccc21. The molecule has 0 bridgehead atoms. The second-order valence-corrected chi connectivity index (χ2v) is 6.47. The Kier molecular flexibility index (Phi) is 7.59. The molecule has 0 aromatic heterocycles. The van der Waals surface area contributed by atoms with Crippen LogP contribution in [0.1, 0.15) is 39.3 Å². The number of carboxylic acid groups (broad SMARTS) is 1. The third kappa shape index (κ3) is 4.90. The van der Waals surface area contributed by atoms with E-state index in [1.807, 2.05) is 12.1 Å². The zero-order chi connectivity index (χ0) is 17.0.